The van der Waals surface area contributed by atoms with Crippen molar-refractivity contribution in [2.24, 2.45) is 0 Å². The van der Waals surface area contributed by atoms with Gasteiger partial charge in [0, 0.05) is 42.6 Å². The molecule has 0 aliphatic carbocycles. The summed E-state index contributed by atoms with van der Waals surface area (Å²) >= 11 is 3.28. The first kappa shape index (κ1) is 24.6. The van der Waals surface area contributed by atoms with E-state index < -0.39 is 17.2 Å². The van der Waals surface area contributed by atoms with Crippen LogP contribution in [0.3, 0.4) is 0 Å². The van der Waals surface area contributed by atoms with Gasteiger partial charge in [-0.15, -0.1) is 0 Å². The largest absolute Gasteiger partial charge is 0.487 e. The SMILES string of the molecule is COCCNC(=O)c1ccc(C)c(-n2c(C)cc(OCc3ccc(F)cc3F)c(Br)c2=O)c1. The fraction of sp³-hybridized carbons (Fsp3) is 0.250. The molecular weight excluding hydrogens is 498 g/mol. The lowest BCUT2D eigenvalue weighted by Gasteiger charge is -2.17. The predicted octanol–water partition coefficient (Wildman–Crippen LogP) is 4.45. The maximum atomic E-state index is 13.9. The quantitative estimate of drug-likeness (QED) is 0.445. The van der Waals surface area contributed by atoms with Gasteiger partial charge in [-0.2, -0.15) is 0 Å². The highest BCUT2D eigenvalue weighted by atomic mass is 79.9. The Labute approximate surface area is 198 Å². The highest BCUT2D eigenvalue weighted by Crippen LogP contribution is 2.26. The smallest absolute Gasteiger partial charge is 0.273 e. The Morgan fingerprint density at radius 3 is 2.58 bits per heavy atom. The van der Waals surface area contributed by atoms with Crippen LogP contribution in [0.2, 0.25) is 0 Å². The van der Waals surface area contributed by atoms with Gasteiger partial charge in [0.25, 0.3) is 11.5 Å². The Balaban J connectivity index is 1.92. The van der Waals surface area contributed by atoms with Gasteiger partial charge >= 0.3 is 0 Å². The number of carbonyl (C=O) groups is 1. The molecular formula is C24H23BrF2N2O4. The van der Waals surface area contributed by atoms with Crippen LogP contribution in [0.25, 0.3) is 5.69 Å². The van der Waals surface area contributed by atoms with Crippen LogP contribution in [0.4, 0.5) is 8.78 Å². The number of aryl methyl sites for hydroxylation is 2. The van der Waals surface area contributed by atoms with E-state index in [9.17, 15) is 18.4 Å². The number of rotatable bonds is 8. The predicted molar refractivity (Wildman–Crippen MR) is 124 cm³/mol. The maximum Gasteiger partial charge on any atom is 0.273 e. The van der Waals surface area contributed by atoms with E-state index in [1.807, 2.05) is 6.92 Å². The number of pyridine rings is 1. The van der Waals surface area contributed by atoms with Gasteiger partial charge < -0.3 is 14.8 Å². The molecule has 0 aliphatic heterocycles. The summed E-state index contributed by atoms with van der Waals surface area (Å²) in [6, 6.07) is 9.94. The van der Waals surface area contributed by atoms with Crippen molar-refractivity contribution in [3.8, 4) is 11.4 Å². The summed E-state index contributed by atoms with van der Waals surface area (Å²) in [5.74, 6) is -1.46. The minimum atomic E-state index is -0.729. The van der Waals surface area contributed by atoms with Crippen LogP contribution >= 0.6 is 15.9 Å². The Kier molecular flexibility index (Phi) is 7.99. The number of hydrogen-bond donors (Lipinski definition) is 1. The number of hydrogen-bond acceptors (Lipinski definition) is 4. The molecule has 2 aromatic carbocycles. The van der Waals surface area contributed by atoms with Crippen LogP contribution in [0, 0.1) is 25.5 Å². The van der Waals surface area contributed by atoms with Crippen LogP contribution in [0.15, 0.2) is 51.7 Å². The molecule has 0 radical (unpaired) electrons. The molecule has 1 N–H and O–H groups in total. The third kappa shape index (κ3) is 5.66. The average Bonchev–Trinajstić information content (AvgIpc) is 2.77. The first-order valence-electron chi connectivity index (χ1n) is 10.1. The molecule has 0 unspecified atom stereocenters. The number of halogens is 3. The molecule has 3 aromatic rings. The highest BCUT2D eigenvalue weighted by molar-refractivity contribution is 9.10. The van der Waals surface area contributed by atoms with Gasteiger partial charge in [-0.3, -0.25) is 14.2 Å². The number of ether oxygens (including phenoxy) is 2. The molecule has 33 heavy (non-hydrogen) atoms. The first-order valence-corrected chi connectivity index (χ1v) is 10.9. The van der Waals surface area contributed by atoms with Gasteiger partial charge in [0.2, 0.25) is 0 Å². The number of nitrogens with one attached hydrogen (secondary N) is 1. The molecule has 1 aromatic heterocycles. The van der Waals surface area contributed by atoms with Gasteiger partial charge in [0.15, 0.2) is 0 Å². The number of carbonyl (C=O) groups excluding carboxylic acids is 1. The molecule has 0 atom stereocenters. The second-order valence-corrected chi connectivity index (χ2v) is 8.17. The fourth-order valence-corrected chi connectivity index (χ4v) is 3.65. The van der Waals surface area contributed by atoms with E-state index in [1.165, 1.54) is 10.6 Å². The van der Waals surface area contributed by atoms with E-state index in [0.29, 0.717) is 30.1 Å². The molecule has 0 fully saturated rings. The molecule has 0 saturated carbocycles. The summed E-state index contributed by atoms with van der Waals surface area (Å²) in [5, 5.41) is 2.75. The molecule has 1 amide bonds. The van der Waals surface area contributed by atoms with E-state index in [2.05, 4.69) is 21.2 Å². The van der Waals surface area contributed by atoms with Gasteiger partial charge in [-0.25, -0.2) is 8.78 Å². The van der Waals surface area contributed by atoms with E-state index in [4.69, 9.17) is 9.47 Å². The van der Waals surface area contributed by atoms with Gasteiger partial charge in [-0.1, -0.05) is 6.07 Å². The van der Waals surface area contributed by atoms with Crippen LogP contribution < -0.4 is 15.6 Å². The van der Waals surface area contributed by atoms with Crippen molar-refractivity contribution >= 4 is 21.8 Å². The second-order valence-electron chi connectivity index (χ2n) is 7.38. The zero-order valence-corrected chi connectivity index (χ0v) is 20.0. The van der Waals surface area contributed by atoms with Crippen molar-refractivity contribution in [2.75, 3.05) is 20.3 Å². The van der Waals surface area contributed by atoms with Gasteiger partial charge in [0.05, 0.1) is 12.3 Å². The van der Waals surface area contributed by atoms with Crippen LogP contribution in [0.5, 0.6) is 5.75 Å². The molecule has 1 heterocycles. The van der Waals surface area contributed by atoms with Crippen LogP contribution in [0.1, 0.15) is 27.2 Å². The Morgan fingerprint density at radius 1 is 1.12 bits per heavy atom. The Morgan fingerprint density at radius 2 is 1.88 bits per heavy atom. The average molecular weight is 521 g/mol. The number of methoxy groups -OCH3 is 1. The molecule has 6 nitrogen and oxygen atoms in total. The second kappa shape index (κ2) is 10.7. The minimum absolute atomic E-state index is 0.143. The minimum Gasteiger partial charge on any atom is -0.487 e. The third-order valence-corrected chi connectivity index (χ3v) is 5.73. The topological polar surface area (TPSA) is 69.6 Å². The van der Waals surface area contributed by atoms with Crippen molar-refractivity contribution in [1.82, 2.24) is 9.88 Å². The molecule has 0 spiro atoms. The van der Waals surface area contributed by atoms with E-state index in [-0.39, 0.29) is 28.3 Å². The Bertz CT molecular complexity index is 1240. The van der Waals surface area contributed by atoms with Gasteiger partial charge in [0.1, 0.15) is 28.5 Å². The summed E-state index contributed by atoms with van der Waals surface area (Å²) in [7, 11) is 1.55. The van der Waals surface area contributed by atoms with Crippen molar-refractivity contribution in [3.63, 3.8) is 0 Å². The molecule has 0 bridgehead atoms. The number of nitrogens with zero attached hydrogens (tertiary/aromatic N) is 1. The number of benzene rings is 2. The lowest BCUT2D eigenvalue weighted by atomic mass is 10.1. The van der Waals surface area contributed by atoms with Crippen LogP contribution in [-0.2, 0) is 11.3 Å². The maximum absolute atomic E-state index is 13.9. The monoisotopic (exact) mass is 520 g/mol. The lowest BCUT2D eigenvalue weighted by Crippen LogP contribution is -2.28. The molecule has 174 valence electrons. The zero-order chi connectivity index (χ0) is 24.1. The summed E-state index contributed by atoms with van der Waals surface area (Å²) in [6.45, 7) is 4.14. The molecule has 9 heteroatoms. The summed E-state index contributed by atoms with van der Waals surface area (Å²) in [5.41, 5.74) is 2.06. The van der Waals surface area contributed by atoms with Crippen molar-refractivity contribution in [2.45, 2.75) is 20.5 Å². The lowest BCUT2D eigenvalue weighted by molar-refractivity contribution is 0.0937. The molecule has 0 aliphatic rings. The third-order valence-electron chi connectivity index (χ3n) is 5.00. The normalized spacial score (nSPS) is 10.8. The van der Waals surface area contributed by atoms with E-state index >= 15 is 0 Å². The van der Waals surface area contributed by atoms with Crippen molar-refractivity contribution in [1.29, 1.82) is 0 Å². The first-order chi connectivity index (χ1) is 15.7. The standard InChI is InChI=1S/C24H23BrF2N2O4/c1-14-4-5-16(23(30)28-8-9-32-3)11-20(14)29-15(2)10-21(22(25)24(29)31)33-13-17-6-7-18(26)12-19(17)27/h4-7,10-12H,8-9,13H2,1-3H3,(H,28,30). The molecule has 3 rings (SSSR count). The fourth-order valence-electron chi connectivity index (χ4n) is 3.24. The summed E-state index contributed by atoms with van der Waals surface area (Å²) in [4.78, 5) is 25.6. The van der Waals surface area contributed by atoms with Crippen molar-refractivity contribution in [3.05, 3.63) is 91.3 Å². The molecule has 0 saturated heterocycles. The van der Waals surface area contributed by atoms with E-state index in [0.717, 1.165) is 17.7 Å². The Hall–Kier alpha value is -3.04. The zero-order valence-electron chi connectivity index (χ0n) is 18.4. The van der Waals surface area contributed by atoms with Crippen molar-refractivity contribution < 1.29 is 23.0 Å². The highest BCUT2D eigenvalue weighted by Gasteiger charge is 2.17. The van der Waals surface area contributed by atoms with E-state index in [1.54, 1.807) is 38.3 Å². The van der Waals surface area contributed by atoms with Gasteiger partial charge in [-0.05, 0) is 59.6 Å². The van der Waals surface area contributed by atoms with Crippen LogP contribution in [-0.4, -0.2) is 30.7 Å². The summed E-state index contributed by atoms with van der Waals surface area (Å²) < 4.78 is 39.2. The number of amides is 1. The summed E-state index contributed by atoms with van der Waals surface area (Å²) in [6.07, 6.45) is 0. The number of aromatic nitrogens is 1.